The van der Waals surface area contributed by atoms with Gasteiger partial charge in [0.25, 0.3) is 0 Å². The number of carbonyl (C=O) groups excluding carboxylic acids is 1. The Morgan fingerprint density at radius 1 is 1.04 bits per heavy atom. The van der Waals surface area contributed by atoms with Gasteiger partial charge in [-0.3, -0.25) is 9.78 Å². The van der Waals surface area contributed by atoms with Crippen LogP contribution in [0, 0.1) is 0 Å². The third-order valence-corrected chi connectivity index (χ3v) is 4.58. The molecule has 0 bridgehead atoms. The summed E-state index contributed by atoms with van der Waals surface area (Å²) in [5, 5.41) is 6.22. The number of rotatable bonds is 6. The zero-order valence-electron chi connectivity index (χ0n) is 15.6. The molecule has 0 aliphatic carbocycles. The fourth-order valence-corrected chi connectivity index (χ4v) is 3.15. The van der Waals surface area contributed by atoms with Gasteiger partial charge < -0.3 is 9.42 Å². The molecule has 4 rings (SSSR count). The van der Waals surface area contributed by atoms with Gasteiger partial charge in [-0.2, -0.15) is 4.98 Å². The lowest BCUT2D eigenvalue weighted by Gasteiger charge is -2.21. The number of aromatic nitrogens is 3. The molecule has 0 atom stereocenters. The number of hydrogen-bond acceptors (Lipinski definition) is 5. The maximum atomic E-state index is 12.8. The Hall–Kier alpha value is -3.54. The Morgan fingerprint density at radius 3 is 2.64 bits per heavy atom. The minimum Gasteiger partial charge on any atom is -0.339 e. The number of amides is 1. The summed E-state index contributed by atoms with van der Waals surface area (Å²) < 4.78 is 5.27. The maximum Gasteiger partial charge on any atom is 0.227 e. The van der Waals surface area contributed by atoms with Gasteiger partial charge in [-0.05, 0) is 42.0 Å². The van der Waals surface area contributed by atoms with E-state index in [9.17, 15) is 4.79 Å². The van der Waals surface area contributed by atoms with Crippen LogP contribution in [0.25, 0.3) is 22.3 Å². The van der Waals surface area contributed by atoms with E-state index < -0.39 is 0 Å². The van der Waals surface area contributed by atoms with E-state index in [4.69, 9.17) is 4.52 Å². The molecule has 2 aromatic carbocycles. The van der Waals surface area contributed by atoms with Crippen molar-refractivity contribution in [3.05, 3.63) is 72.8 Å². The molecule has 0 fully saturated rings. The molecule has 4 aromatic rings. The van der Waals surface area contributed by atoms with Crippen molar-refractivity contribution in [1.29, 1.82) is 0 Å². The van der Waals surface area contributed by atoms with Crippen molar-refractivity contribution in [2.24, 2.45) is 0 Å². The predicted octanol–water partition coefficient (Wildman–Crippen LogP) is 4.27. The number of fused-ring (bicyclic) bond motifs is 1. The highest BCUT2D eigenvalue weighted by atomic mass is 16.5. The van der Waals surface area contributed by atoms with Crippen molar-refractivity contribution in [2.75, 3.05) is 11.4 Å². The van der Waals surface area contributed by atoms with E-state index in [1.807, 2.05) is 55.5 Å². The highest BCUT2D eigenvalue weighted by Crippen LogP contribution is 2.23. The average molecular weight is 372 g/mol. The van der Waals surface area contributed by atoms with Crippen molar-refractivity contribution in [1.82, 2.24) is 15.1 Å². The smallest absolute Gasteiger partial charge is 0.227 e. The topological polar surface area (TPSA) is 72.1 Å². The standard InChI is InChI=1S/C22H20N4O2/c1-2-26(18-11-10-16-7-3-4-8-17(16)15-18)21(27)13-12-20-24-22(25-28-20)19-9-5-6-14-23-19/h3-11,14-15H,2,12-13H2,1H3. The normalized spacial score (nSPS) is 10.9. The molecular formula is C22H20N4O2. The number of aryl methyl sites for hydroxylation is 1. The van der Waals surface area contributed by atoms with Gasteiger partial charge >= 0.3 is 0 Å². The van der Waals surface area contributed by atoms with Crippen molar-refractivity contribution >= 4 is 22.4 Å². The molecule has 2 aromatic heterocycles. The average Bonchev–Trinajstić information content (AvgIpc) is 3.22. The number of nitrogens with zero attached hydrogens (tertiary/aromatic N) is 4. The van der Waals surface area contributed by atoms with Crippen LogP contribution in [-0.2, 0) is 11.2 Å². The number of hydrogen-bond donors (Lipinski definition) is 0. The monoisotopic (exact) mass is 372 g/mol. The minimum atomic E-state index is 0.0235. The maximum absolute atomic E-state index is 12.8. The third kappa shape index (κ3) is 3.76. The lowest BCUT2D eigenvalue weighted by molar-refractivity contribution is -0.118. The first-order chi connectivity index (χ1) is 13.7. The van der Waals surface area contributed by atoms with E-state index in [0.29, 0.717) is 36.8 Å². The number of anilines is 1. The Balaban J connectivity index is 1.45. The molecule has 2 heterocycles. The molecule has 0 aliphatic rings. The Labute approximate surface area is 162 Å². The Bertz CT molecular complexity index is 1090. The second-order valence-electron chi connectivity index (χ2n) is 6.40. The van der Waals surface area contributed by atoms with Gasteiger partial charge in [0.05, 0.1) is 0 Å². The van der Waals surface area contributed by atoms with Gasteiger partial charge in [-0.1, -0.05) is 41.6 Å². The third-order valence-electron chi connectivity index (χ3n) is 4.58. The SMILES string of the molecule is CCN(C(=O)CCc1nc(-c2ccccn2)no1)c1ccc2ccccc2c1. The van der Waals surface area contributed by atoms with Gasteiger partial charge in [-0.25, -0.2) is 0 Å². The van der Waals surface area contributed by atoms with Crippen LogP contribution in [0.1, 0.15) is 19.2 Å². The molecule has 0 N–H and O–H groups in total. The lowest BCUT2D eigenvalue weighted by Crippen LogP contribution is -2.30. The second-order valence-corrected chi connectivity index (χ2v) is 6.40. The number of carbonyl (C=O) groups is 1. The second kappa shape index (κ2) is 8.00. The van der Waals surface area contributed by atoms with Crippen molar-refractivity contribution in [3.63, 3.8) is 0 Å². The van der Waals surface area contributed by atoms with Gasteiger partial charge in [0.1, 0.15) is 5.69 Å². The zero-order chi connectivity index (χ0) is 19.3. The van der Waals surface area contributed by atoms with Crippen LogP contribution < -0.4 is 4.90 Å². The molecule has 0 radical (unpaired) electrons. The van der Waals surface area contributed by atoms with E-state index in [1.54, 1.807) is 11.1 Å². The first kappa shape index (κ1) is 17.9. The van der Waals surface area contributed by atoms with Crippen molar-refractivity contribution in [2.45, 2.75) is 19.8 Å². The van der Waals surface area contributed by atoms with Crippen LogP contribution >= 0.6 is 0 Å². The highest BCUT2D eigenvalue weighted by molar-refractivity contribution is 5.96. The fraction of sp³-hybridized carbons (Fsp3) is 0.182. The summed E-state index contributed by atoms with van der Waals surface area (Å²) >= 11 is 0. The fourth-order valence-electron chi connectivity index (χ4n) is 3.15. The lowest BCUT2D eigenvalue weighted by atomic mass is 10.1. The summed E-state index contributed by atoms with van der Waals surface area (Å²) in [7, 11) is 0. The molecule has 0 saturated carbocycles. The van der Waals surface area contributed by atoms with Crippen LogP contribution in [0.15, 0.2) is 71.4 Å². The van der Waals surface area contributed by atoms with E-state index in [-0.39, 0.29) is 5.91 Å². The van der Waals surface area contributed by atoms with Crippen LogP contribution in [0.5, 0.6) is 0 Å². The first-order valence-corrected chi connectivity index (χ1v) is 9.28. The summed E-state index contributed by atoms with van der Waals surface area (Å²) in [5.74, 6) is 0.892. The van der Waals surface area contributed by atoms with Gasteiger partial charge in [-0.15, -0.1) is 0 Å². The molecular weight excluding hydrogens is 352 g/mol. The summed E-state index contributed by atoms with van der Waals surface area (Å²) in [6.07, 6.45) is 2.37. The molecule has 0 spiro atoms. The highest BCUT2D eigenvalue weighted by Gasteiger charge is 2.17. The van der Waals surface area contributed by atoms with E-state index in [0.717, 1.165) is 16.5 Å². The predicted molar refractivity (Wildman–Crippen MR) is 108 cm³/mol. The van der Waals surface area contributed by atoms with Gasteiger partial charge in [0.15, 0.2) is 0 Å². The van der Waals surface area contributed by atoms with Crippen LogP contribution in [0.2, 0.25) is 0 Å². The van der Waals surface area contributed by atoms with Crippen molar-refractivity contribution < 1.29 is 9.32 Å². The summed E-state index contributed by atoms with van der Waals surface area (Å²) in [4.78, 5) is 23.1. The first-order valence-electron chi connectivity index (χ1n) is 9.28. The van der Waals surface area contributed by atoms with Gasteiger partial charge in [0, 0.05) is 31.3 Å². The Morgan fingerprint density at radius 2 is 1.86 bits per heavy atom. The number of benzene rings is 2. The summed E-state index contributed by atoms with van der Waals surface area (Å²) in [6, 6.07) is 19.7. The minimum absolute atomic E-state index is 0.0235. The van der Waals surface area contributed by atoms with Crippen molar-refractivity contribution in [3.8, 4) is 11.5 Å². The van der Waals surface area contributed by atoms with Gasteiger partial charge in [0.2, 0.25) is 17.6 Å². The molecule has 0 saturated heterocycles. The van der Waals surface area contributed by atoms with Crippen LogP contribution in [-0.4, -0.2) is 27.6 Å². The molecule has 6 nitrogen and oxygen atoms in total. The molecule has 0 aliphatic heterocycles. The number of pyridine rings is 1. The molecule has 140 valence electrons. The van der Waals surface area contributed by atoms with E-state index >= 15 is 0 Å². The molecule has 1 amide bonds. The zero-order valence-corrected chi connectivity index (χ0v) is 15.6. The molecule has 0 unspecified atom stereocenters. The van der Waals surface area contributed by atoms with Crippen LogP contribution in [0.3, 0.4) is 0 Å². The quantitative estimate of drug-likeness (QED) is 0.505. The summed E-state index contributed by atoms with van der Waals surface area (Å²) in [5.41, 5.74) is 1.54. The van der Waals surface area contributed by atoms with E-state index in [2.05, 4.69) is 27.3 Å². The van der Waals surface area contributed by atoms with E-state index in [1.165, 1.54) is 0 Å². The van der Waals surface area contributed by atoms with Crippen LogP contribution in [0.4, 0.5) is 5.69 Å². The summed E-state index contributed by atoms with van der Waals surface area (Å²) in [6.45, 7) is 2.57. The largest absolute Gasteiger partial charge is 0.339 e. The molecule has 28 heavy (non-hydrogen) atoms. The Kier molecular flexibility index (Phi) is 5.10. The molecule has 6 heteroatoms.